The Hall–Kier alpha value is -1.92. The molecule has 2 rings (SSSR count). The zero-order valence-electron chi connectivity index (χ0n) is 9.81. The zero-order chi connectivity index (χ0) is 14.0. The molecule has 5 nitrogen and oxygen atoms in total. The molecule has 0 saturated heterocycles. The van der Waals surface area contributed by atoms with Crippen LogP contribution in [0.5, 0.6) is 0 Å². The molecule has 0 radical (unpaired) electrons. The van der Waals surface area contributed by atoms with Gasteiger partial charge in [-0.1, -0.05) is 17.7 Å². The number of aromatic carboxylic acids is 1. The van der Waals surface area contributed by atoms with Gasteiger partial charge in [0.15, 0.2) is 5.82 Å². The number of carboxylic acid groups (broad SMARTS) is 1. The van der Waals surface area contributed by atoms with Gasteiger partial charge >= 0.3 is 5.97 Å². The van der Waals surface area contributed by atoms with E-state index in [0.29, 0.717) is 0 Å². The number of methoxy groups -OCH3 is 1. The van der Waals surface area contributed by atoms with E-state index in [1.54, 1.807) is 0 Å². The van der Waals surface area contributed by atoms with Crippen LogP contribution in [0.4, 0.5) is 4.39 Å². The van der Waals surface area contributed by atoms with Crippen molar-refractivity contribution in [3.63, 3.8) is 0 Å². The Kier molecular flexibility index (Phi) is 3.82. The normalized spacial score (nSPS) is 10.7. The second-order valence-electron chi connectivity index (χ2n) is 3.63. The summed E-state index contributed by atoms with van der Waals surface area (Å²) in [4.78, 5) is 14.9. The van der Waals surface area contributed by atoms with E-state index in [0.717, 1.165) is 0 Å². The van der Waals surface area contributed by atoms with E-state index in [1.807, 2.05) is 0 Å². The van der Waals surface area contributed by atoms with E-state index in [-0.39, 0.29) is 34.5 Å². The average molecular weight is 286 g/mol. The van der Waals surface area contributed by atoms with Crippen molar-refractivity contribution in [2.75, 3.05) is 7.11 Å². The maximum Gasteiger partial charge on any atom is 0.373 e. The third-order valence-electron chi connectivity index (χ3n) is 2.35. The standard InChI is InChI=1S/C12H9ClFNO4/c1-18-5-8-10(12(16)17)19-11(15-8)6-3-2-4-7(13)9(6)14/h2-4H,5H2,1H3,(H,16,17). The van der Waals surface area contributed by atoms with E-state index >= 15 is 0 Å². The van der Waals surface area contributed by atoms with E-state index < -0.39 is 11.8 Å². The SMILES string of the molecule is COCc1nc(-c2cccc(Cl)c2F)oc1C(=O)O. The summed E-state index contributed by atoms with van der Waals surface area (Å²) in [5, 5.41) is 8.87. The van der Waals surface area contributed by atoms with Crippen LogP contribution in [0.25, 0.3) is 11.5 Å². The molecule has 0 saturated carbocycles. The quantitative estimate of drug-likeness (QED) is 0.935. The molecule has 0 unspecified atom stereocenters. The highest BCUT2D eigenvalue weighted by Gasteiger charge is 2.22. The number of halogens is 2. The molecule has 7 heteroatoms. The first kappa shape index (κ1) is 13.5. The highest BCUT2D eigenvalue weighted by molar-refractivity contribution is 6.31. The highest BCUT2D eigenvalue weighted by atomic mass is 35.5. The average Bonchev–Trinajstić information content (AvgIpc) is 2.77. The molecule has 1 N–H and O–H groups in total. The number of aromatic nitrogens is 1. The first-order valence-electron chi connectivity index (χ1n) is 5.21. The Balaban J connectivity index is 2.54. The van der Waals surface area contributed by atoms with Crippen LogP contribution in [0.1, 0.15) is 16.2 Å². The number of benzene rings is 1. The summed E-state index contributed by atoms with van der Waals surface area (Å²) in [6.45, 7) is -0.0483. The van der Waals surface area contributed by atoms with Gasteiger partial charge in [0.1, 0.15) is 5.69 Å². The predicted octanol–water partition coefficient (Wildman–Crippen LogP) is 2.98. The van der Waals surface area contributed by atoms with Crippen molar-refractivity contribution in [3.8, 4) is 11.5 Å². The van der Waals surface area contributed by atoms with Crippen molar-refractivity contribution in [2.24, 2.45) is 0 Å². The second kappa shape index (κ2) is 5.38. The Labute approximate surface area is 112 Å². The second-order valence-corrected chi connectivity index (χ2v) is 4.04. The van der Waals surface area contributed by atoms with Gasteiger partial charge < -0.3 is 14.3 Å². The van der Waals surface area contributed by atoms with Crippen molar-refractivity contribution in [1.82, 2.24) is 4.98 Å². The molecular weight excluding hydrogens is 277 g/mol. The van der Waals surface area contributed by atoms with Crippen LogP contribution in [0.15, 0.2) is 22.6 Å². The predicted molar refractivity (Wildman–Crippen MR) is 64.6 cm³/mol. The van der Waals surface area contributed by atoms with Crippen LogP contribution < -0.4 is 0 Å². The molecule has 1 aromatic carbocycles. The van der Waals surface area contributed by atoms with Crippen molar-refractivity contribution in [1.29, 1.82) is 0 Å². The molecule has 0 aliphatic heterocycles. The third-order valence-corrected chi connectivity index (χ3v) is 2.65. The summed E-state index contributed by atoms with van der Waals surface area (Å²) in [5.41, 5.74) is 0.0849. The van der Waals surface area contributed by atoms with Crippen molar-refractivity contribution < 1.29 is 23.4 Å². The number of carbonyl (C=O) groups is 1. The third kappa shape index (κ3) is 2.59. The van der Waals surface area contributed by atoms with E-state index in [2.05, 4.69) is 4.98 Å². The first-order valence-corrected chi connectivity index (χ1v) is 5.58. The Morgan fingerprint density at radius 1 is 1.58 bits per heavy atom. The van der Waals surface area contributed by atoms with Gasteiger partial charge in [0.05, 0.1) is 17.2 Å². The monoisotopic (exact) mass is 285 g/mol. The fourth-order valence-electron chi connectivity index (χ4n) is 1.54. The molecule has 100 valence electrons. The summed E-state index contributed by atoms with van der Waals surface area (Å²) in [7, 11) is 1.39. The van der Waals surface area contributed by atoms with Crippen molar-refractivity contribution >= 4 is 17.6 Å². The molecule has 0 amide bonds. The van der Waals surface area contributed by atoms with Gasteiger partial charge in [-0.05, 0) is 12.1 Å². The lowest BCUT2D eigenvalue weighted by Gasteiger charge is -1.99. The van der Waals surface area contributed by atoms with Crippen molar-refractivity contribution in [2.45, 2.75) is 6.61 Å². The van der Waals surface area contributed by atoms with E-state index in [9.17, 15) is 9.18 Å². The molecule has 1 aromatic heterocycles. The molecule has 0 bridgehead atoms. The fourth-order valence-corrected chi connectivity index (χ4v) is 1.71. The lowest BCUT2D eigenvalue weighted by atomic mass is 10.2. The van der Waals surface area contributed by atoms with Gasteiger partial charge in [0.2, 0.25) is 11.7 Å². The van der Waals surface area contributed by atoms with Crippen LogP contribution in [-0.2, 0) is 11.3 Å². The Bertz CT molecular complexity index is 626. The number of hydrogen-bond acceptors (Lipinski definition) is 4. The van der Waals surface area contributed by atoms with Gasteiger partial charge in [0, 0.05) is 7.11 Å². The number of hydrogen-bond donors (Lipinski definition) is 1. The van der Waals surface area contributed by atoms with Gasteiger partial charge in [-0.25, -0.2) is 14.2 Å². The summed E-state index contributed by atoms with van der Waals surface area (Å²) < 4.78 is 23.7. The van der Waals surface area contributed by atoms with Crippen LogP contribution in [0.3, 0.4) is 0 Å². The molecule has 1 heterocycles. The van der Waals surface area contributed by atoms with E-state index in [1.165, 1.54) is 25.3 Å². The molecule has 19 heavy (non-hydrogen) atoms. The van der Waals surface area contributed by atoms with Crippen LogP contribution >= 0.6 is 11.6 Å². The maximum atomic E-state index is 13.8. The number of nitrogens with zero attached hydrogens (tertiary/aromatic N) is 1. The van der Waals surface area contributed by atoms with Crippen molar-refractivity contribution in [3.05, 3.63) is 40.5 Å². The zero-order valence-corrected chi connectivity index (χ0v) is 10.6. The number of rotatable bonds is 4. The molecule has 0 fully saturated rings. The summed E-state index contributed by atoms with van der Waals surface area (Å²) in [6.07, 6.45) is 0. The molecule has 0 aliphatic rings. The molecule has 0 aliphatic carbocycles. The first-order chi connectivity index (χ1) is 9.04. The van der Waals surface area contributed by atoms with Crippen LogP contribution in [0, 0.1) is 5.82 Å². The summed E-state index contributed by atoms with van der Waals surface area (Å²) in [6, 6.07) is 4.29. The molecule has 0 spiro atoms. The number of carboxylic acids is 1. The topological polar surface area (TPSA) is 72.6 Å². The van der Waals surface area contributed by atoms with Crippen LogP contribution in [-0.4, -0.2) is 23.2 Å². The molecule has 0 atom stereocenters. The molecule has 2 aromatic rings. The summed E-state index contributed by atoms with van der Waals surface area (Å²) >= 11 is 5.65. The van der Waals surface area contributed by atoms with Crippen LogP contribution in [0.2, 0.25) is 5.02 Å². The summed E-state index contributed by atoms with van der Waals surface area (Å²) in [5.74, 6) is -2.54. The van der Waals surface area contributed by atoms with Gasteiger partial charge in [-0.2, -0.15) is 0 Å². The highest BCUT2D eigenvalue weighted by Crippen LogP contribution is 2.28. The smallest absolute Gasteiger partial charge is 0.373 e. The minimum Gasteiger partial charge on any atom is -0.475 e. The van der Waals surface area contributed by atoms with Gasteiger partial charge in [-0.3, -0.25) is 0 Å². The maximum absolute atomic E-state index is 13.8. The molecular formula is C12H9ClFNO4. The lowest BCUT2D eigenvalue weighted by Crippen LogP contribution is -2.00. The minimum atomic E-state index is -1.30. The van der Waals surface area contributed by atoms with Gasteiger partial charge in [0.25, 0.3) is 0 Å². The lowest BCUT2D eigenvalue weighted by molar-refractivity contribution is 0.0656. The fraction of sp³-hybridized carbons (Fsp3) is 0.167. The number of ether oxygens (including phenoxy) is 1. The Morgan fingerprint density at radius 3 is 2.95 bits per heavy atom. The Morgan fingerprint density at radius 2 is 2.32 bits per heavy atom. The largest absolute Gasteiger partial charge is 0.475 e. The minimum absolute atomic E-state index is 0.00245. The van der Waals surface area contributed by atoms with Gasteiger partial charge in [-0.15, -0.1) is 0 Å². The van der Waals surface area contributed by atoms with E-state index in [4.69, 9.17) is 25.9 Å². The number of oxazole rings is 1.